The van der Waals surface area contributed by atoms with Crippen molar-refractivity contribution in [3.8, 4) is 5.75 Å². The summed E-state index contributed by atoms with van der Waals surface area (Å²) in [6.07, 6.45) is -4.32. The molecule has 1 unspecified atom stereocenters. The third-order valence-electron chi connectivity index (χ3n) is 6.49. The van der Waals surface area contributed by atoms with E-state index in [0.29, 0.717) is 19.5 Å². The van der Waals surface area contributed by atoms with Crippen LogP contribution in [0.4, 0.5) is 22.0 Å². The van der Waals surface area contributed by atoms with E-state index in [2.05, 4.69) is 0 Å². The van der Waals surface area contributed by atoms with Crippen LogP contribution in [-0.4, -0.2) is 50.3 Å². The van der Waals surface area contributed by atoms with E-state index in [4.69, 9.17) is 21.4 Å². The van der Waals surface area contributed by atoms with Crippen molar-refractivity contribution in [3.63, 3.8) is 0 Å². The lowest BCUT2D eigenvalue weighted by atomic mass is 10.00. The lowest BCUT2D eigenvalue weighted by Gasteiger charge is -2.27. The summed E-state index contributed by atoms with van der Waals surface area (Å²) in [6.45, 7) is 2.61. The first kappa shape index (κ1) is 33.3. The van der Waals surface area contributed by atoms with Crippen molar-refractivity contribution in [2.24, 2.45) is 0 Å². The number of aliphatic carboxylic acids is 1. The minimum atomic E-state index is -4.63. The summed E-state index contributed by atoms with van der Waals surface area (Å²) < 4.78 is 98.2. The molecule has 6 nitrogen and oxygen atoms in total. The summed E-state index contributed by atoms with van der Waals surface area (Å²) in [4.78, 5) is 12.4. The highest BCUT2D eigenvalue weighted by molar-refractivity contribution is 7.90. The lowest BCUT2D eigenvalue weighted by molar-refractivity contribution is -0.138. The van der Waals surface area contributed by atoms with E-state index >= 15 is 0 Å². The van der Waals surface area contributed by atoms with Crippen LogP contribution in [0.5, 0.6) is 5.75 Å². The van der Waals surface area contributed by atoms with Gasteiger partial charge in [0.05, 0.1) is 28.5 Å². The standard InChI is InChI=1S/C29H29ClF5NO5S/c1-18(19-7-9-21(31)10-8-19)16-36(17-20-5-3-6-24(28(20)30)29(33,34)35)11-4-12-41-22-13-25(32)23(15-27(37)38)26(14-22)42(2,39)40/h3,5-10,13-14,18H,4,11-12,15-17H2,1-2H3,(H,37,38). The minimum absolute atomic E-state index is 0.0152. The van der Waals surface area contributed by atoms with Crippen molar-refractivity contribution in [1.29, 1.82) is 0 Å². The average Bonchev–Trinajstić information content (AvgIpc) is 2.87. The molecule has 0 heterocycles. The van der Waals surface area contributed by atoms with E-state index in [1.165, 1.54) is 24.3 Å². The molecule has 0 saturated carbocycles. The molecule has 0 aromatic heterocycles. The number of ether oxygens (including phenoxy) is 1. The normalized spacial score (nSPS) is 12.9. The molecule has 13 heteroatoms. The molecule has 0 amide bonds. The summed E-state index contributed by atoms with van der Waals surface area (Å²) in [5.41, 5.74) is -0.353. The highest BCUT2D eigenvalue weighted by atomic mass is 35.5. The second kappa shape index (κ2) is 13.8. The van der Waals surface area contributed by atoms with Gasteiger partial charge in [0.2, 0.25) is 0 Å². The van der Waals surface area contributed by atoms with Crippen LogP contribution in [0.15, 0.2) is 59.5 Å². The number of sulfone groups is 1. The Labute approximate surface area is 245 Å². The first-order valence-corrected chi connectivity index (χ1v) is 15.0. The molecule has 0 spiro atoms. The van der Waals surface area contributed by atoms with Crippen LogP contribution < -0.4 is 4.74 Å². The van der Waals surface area contributed by atoms with E-state index in [-0.39, 0.29) is 30.4 Å². The third-order valence-corrected chi connectivity index (χ3v) is 8.10. The van der Waals surface area contributed by atoms with Crippen LogP contribution >= 0.6 is 11.6 Å². The maximum Gasteiger partial charge on any atom is 0.417 e. The molecule has 0 aliphatic rings. The predicted molar refractivity (Wildman–Crippen MR) is 148 cm³/mol. The molecule has 3 aromatic carbocycles. The number of hydrogen-bond donors (Lipinski definition) is 1. The van der Waals surface area contributed by atoms with Crippen molar-refractivity contribution in [3.05, 3.63) is 93.5 Å². The zero-order valence-electron chi connectivity index (χ0n) is 22.7. The average molecular weight is 634 g/mol. The van der Waals surface area contributed by atoms with E-state index < -0.39 is 61.1 Å². The first-order chi connectivity index (χ1) is 19.6. The van der Waals surface area contributed by atoms with E-state index in [0.717, 1.165) is 30.0 Å². The topological polar surface area (TPSA) is 83.9 Å². The molecule has 0 aliphatic heterocycles. The Morgan fingerprint density at radius 3 is 2.36 bits per heavy atom. The number of halogens is 6. The van der Waals surface area contributed by atoms with Gasteiger partial charge >= 0.3 is 12.1 Å². The van der Waals surface area contributed by atoms with Gasteiger partial charge in [-0.05, 0) is 47.7 Å². The fourth-order valence-electron chi connectivity index (χ4n) is 4.48. The number of rotatable bonds is 13. The Morgan fingerprint density at radius 1 is 1.10 bits per heavy atom. The Balaban J connectivity index is 1.78. The summed E-state index contributed by atoms with van der Waals surface area (Å²) in [5.74, 6) is -3.09. The quantitative estimate of drug-likeness (QED) is 0.166. The Hall–Kier alpha value is -3.22. The van der Waals surface area contributed by atoms with Gasteiger partial charge in [0.25, 0.3) is 0 Å². The van der Waals surface area contributed by atoms with Gasteiger partial charge in [0.1, 0.15) is 17.4 Å². The van der Waals surface area contributed by atoms with Gasteiger partial charge in [-0.25, -0.2) is 17.2 Å². The van der Waals surface area contributed by atoms with Gasteiger partial charge in [-0.3, -0.25) is 9.69 Å². The Kier molecular flexibility index (Phi) is 11.0. The number of hydrogen-bond acceptors (Lipinski definition) is 5. The van der Waals surface area contributed by atoms with Gasteiger partial charge in [-0.15, -0.1) is 0 Å². The van der Waals surface area contributed by atoms with Crippen LogP contribution in [-0.2, 0) is 33.8 Å². The number of carboxylic acids is 1. The monoisotopic (exact) mass is 633 g/mol. The molecule has 228 valence electrons. The van der Waals surface area contributed by atoms with E-state index in [1.54, 1.807) is 12.1 Å². The van der Waals surface area contributed by atoms with Crippen LogP contribution in [0.2, 0.25) is 5.02 Å². The van der Waals surface area contributed by atoms with Crippen molar-refractivity contribution < 1.29 is 45.0 Å². The second-order valence-corrected chi connectivity index (χ2v) is 12.3. The summed E-state index contributed by atoms with van der Waals surface area (Å²) in [7, 11) is -3.97. The minimum Gasteiger partial charge on any atom is -0.493 e. The highest BCUT2D eigenvalue weighted by Gasteiger charge is 2.34. The smallest absolute Gasteiger partial charge is 0.417 e. The number of nitrogens with zero attached hydrogens (tertiary/aromatic N) is 1. The van der Waals surface area contributed by atoms with Gasteiger partial charge < -0.3 is 9.84 Å². The number of alkyl halides is 3. The molecule has 0 bridgehead atoms. The fourth-order valence-corrected chi connectivity index (χ4v) is 5.72. The Morgan fingerprint density at radius 2 is 1.76 bits per heavy atom. The third kappa shape index (κ3) is 9.14. The summed E-state index contributed by atoms with van der Waals surface area (Å²) >= 11 is 6.13. The van der Waals surface area contributed by atoms with Crippen LogP contribution in [0.1, 0.15) is 41.5 Å². The van der Waals surface area contributed by atoms with Crippen LogP contribution in [0.25, 0.3) is 0 Å². The Bertz CT molecular complexity index is 1510. The maximum atomic E-state index is 14.6. The number of carbonyl (C=O) groups is 1. The molecule has 0 radical (unpaired) electrons. The zero-order chi connectivity index (χ0) is 31.2. The van der Waals surface area contributed by atoms with Crippen LogP contribution in [0, 0.1) is 11.6 Å². The first-order valence-electron chi connectivity index (χ1n) is 12.8. The highest BCUT2D eigenvalue weighted by Crippen LogP contribution is 2.37. The van der Waals surface area contributed by atoms with Gasteiger partial charge in [0, 0.05) is 37.5 Å². The molecule has 3 aromatic rings. The molecule has 1 N–H and O–H groups in total. The van der Waals surface area contributed by atoms with Crippen molar-refractivity contribution >= 4 is 27.4 Å². The number of carboxylic acid groups (broad SMARTS) is 1. The molecular formula is C29H29ClF5NO5S. The predicted octanol–water partition coefficient (Wildman–Crippen LogP) is 6.74. The zero-order valence-corrected chi connectivity index (χ0v) is 24.3. The van der Waals surface area contributed by atoms with Gasteiger partial charge in [-0.1, -0.05) is 42.8 Å². The van der Waals surface area contributed by atoms with Crippen molar-refractivity contribution in [2.75, 3.05) is 26.0 Å². The lowest BCUT2D eigenvalue weighted by Crippen LogP contribution is -2.30. The van der Waals surface area contributed by atoms with Crippen molar-refractivity contribution in [1.82, 2.24) is 4.90 Å². The second-order valence-electron chi connectivity index (χ2n) is 9.89. The summed E-state index contributed by atoms with van der Waals surface area (Å²) in [6, 6.07) is 11.5. The fraction of sp³-hybridized carbons (Fsp3) is 0.345. The molecule has 1 atom stereocenters. The summed E-state index contributed by atoms with van der Waals surface area (Å²) in [5, 5.41) is 8.61. The molecule has 0 aliphatic carbocycles. The molecule has 3 rings (SSSR count). The maximum absolute atomic E-state index is 14.6. The van der Waals surface area contributed by atoms with Crippen molar-refractivity contribution in [2.45, 2.75) is 43.3 Å². The molecule has 42 heavy (non-hydrogen) atoms. The molecule has 0 fully saturated rings. The van der Waals surface area contributed by atoms with E-state index in [1.807, 2.05) is 11.8 Å². The molecular weight excluding hydrogens is 605 g/mol. The van der Waals surface area contributed by atoms with Gasteiger partial charge in [0.15, 0.2) is 9.84 Å². The largest absolute Gasteiger partial charge is 0.493 e. The van der Waals surface area contributed by atoms with Gasteiger partial charge in [-0.2, -0.15) is 13.2 Å². The number of benzene rings is 3. The van der Waals surface area contributed by atoms with Crippen LogP contribution in [0.3, 0.4) is 0 Å². The SMILES string of the molecule is CC(CN(CCCOc1cc(F)c(CC(=O)O)c(S(C)(=O)=O)c1)Cc1cccc(C(F)(F)F)c1Cl)c1ccc(F)cc1. The molecule has 0 saturated heterocycles. The van der Waals surface area contributed by atoms with E-state index in [9.17, 15) is 35.2 Å².